The second kappa shape index (κ2) is 6.53. The third-order valence-corrected chi connectivity index (χ3v) is 3.97. The van der Waals surface area contributed by atoms with Gasteiger partial charge in [0.2, 0.25) is 0 Å². The van der Waals surface area contributed by atoms with Crippen molar-refractivity contribution in [2.24, 2.45) is 5.92 Å². The van der Waals surface area contributed by atoms with Crippen LogP contribution in [0.5, 0.6) is 5.75 Å². The van der Waals surface area contributed by atoms with E-state index in [4.69, 9.17) is 10.00 Å². The normalized spacial score (nSPS) is 16.6. The molecule has 0 spiro atoms. The average Bonchev–Trinajstić information content (AvgIpc) is 2.47. The molecule has 1 heterocycles. The van der Waals surface area contributed by atoms with Crippen LogP contribution in [0.3, 0.4) is 0 Å². The molecule has 1 aliphatic heterocycles. The summed E-state index contributed by atoms with van der Waals surface area (Å²) >= 11 is 0. The molecule has 0 aromatic heterocycles. The first-order valence-electron chi connectivity index (χ1n) is 6.94. The van der Waals surface area contributed by atoms with E-state index in [2.05, 4.69) is 11.0 Å². The number of piperidine rings is 1. The van der Waals surface area contributed by atoms with Crippen LogP contribution in [0.1, 0.15) is 30.9 Å². The third-order valence-electron chi connectivity index (χ3n) is 3.97. The van der Waals surface area contributed by atoms with Gasteiger partial charge in [0.1, 0.15) is 11.5 Å². The number of benzene rings is 1. The summed E-state index contributed by atoms with van der Waals surface area (Å²) in [4.78, 5) is 13.7. The molecule has 106 valence electrons. The van der Waals surface area contributed by atoms with Crippen molar-refractivity contribution in [3.63, 3.8) is 0 Å². The van der Waals surface area contributed by atoms with Crippen molar-refractivity contribution in [1.82, 2.24) is 4.90 Å². The minimum atomic E-state index is 0.221. The summed E-state index contributed by atoms with van der Waals surface area (Å²) in [6.45, 7) is 4.29. The minimum Gasteiger partial charge on any atom is -0.496 e. The highest BCUT2D eigenvalue weighted by Crippen LogP contribution is 2.24. The van der Waals surface area contributed by atoms with Gasteiger partial charge in [0.25, 0.3) is 0 Å². The Morgan fingerprint density at radius 3 is 2.70 bits per heavy atom. The first kappa shape index (κ1) is 14.5. The minimum absolute atomic E-state index is 0.221. The van der Waals surface area contributed by atoms with Crippen molar-refractivity contribution in [1.29, 1.82) is 5.26 Å². The molecule has 1 saturated heterocycles. The molecular formula is C16H20N2O2. The molecule has 0 aliphatic carbocycles. The molecule has 0 atom stereocenters. The molecule has 1 aliphatic rings. The number of methoxy groups -OCH3 is 1. The lowest BCUT2D eigenvalue weighted by molar-refractivity contribution is -0.122. The highest BCUT2D eigenvalue weighted by molar-refractivity contribution is 5.78. The van der Waals surface area contributed by atoms with Crippen LogP contribution in [0.25, 0.3) is 0 Å². The summed E-state index contributed by atoms with van der Waals surface area (Å²) in [6.07, 6.45) is 1.85. The zero-order valence-electron chi connectivity index (χ0n) is 12.1. The van der Waals surface area contributed by atoms with E-state index in [1.807, 2.05) is 12.1 Å². The Balaban J connectivity index is 2.04. The number of nitriles is 1. The van der Waals surface area contributed by atoms with Crippen LogP contribution in [0.2, 0.25) is 0 Å². The van der Waals surface area contributed by atoms with Crippen LogP contribution in [-0.4, -0.2) is 30.9 Å². The summed E-state index contributed by atoms with van der Waals surface area (Å²) in [5, 5.41) is 8.99. The van der Waals surface area contributed by atoms with E-state index >= 15 is 0 Å². The van der Waals surface area contributed by atoms with E-state index in [-0.39, 0.29) is 5.92 Å². The summed E-state index contributed by atoms with van der Waals surface area (Å²) < 4.78 is 5.36. The molecule has 0 amide bonds. The molecule has 1 aromatic rings. The van der Waals surface area contributed by atoms with Gasteiger partial charge in [-0.25, -0.2) is 0 Å². The van der Waals surface area contributed by atoms with Crippen LogP contribution in [0, 0.1) is 17.2 Å². The number of Topliss-reactive ketones (excluding diaryl/α,β-unsaturated/α-hetero) is 1. The predicted molar refractivity (Wildman–Crippen MR) is 76.4 cm³/mol. The van der Waals surface area contributed by atoms with Crippen molar-refractivity contribution in [3.8, 4) is 11.8 Å². The summed E-state index contributed by atoms with van der Waals surface area (Å²) in [6, 6.07) is 7.66. The zero-order valence-corrected chi connectivity index (χ0v) is 12.1. The first-order chi connectivity index (χ1) is 9.63. The highest BCUT2D eigenvalue weighted by Gasteiger charge is 2.22. The quantitative estimate of drug-likeness (QED) is 0.844. The molecule has 1 fully saturated rings. The highest BCUT2D eigenvalue weighted by atomic mass is 16.5. The molecule has 1 aromatic carbocycles. The van der Waals surface area contributed by atoms with Crippen LogP contribution in [0.15, 0.2) is 18.2 Å². The number of hydrogen-bond acceptors (Lipinski definition) is 4. The van der Waals surface area contributed by atoms with Crippen molar-refractivity contribution < 1.29 is 9.53 Å². The van der Waals surface area contributed by atoms with Gasteiger partial charge in [-0.2, -0.15) is 5.26 Å². The molecule has 0 bridgehead atoms. The van der Waals surface area contributed by atoms with Crippen molar-refractivity contribution in [3.05, 3.63) is 29.3 Å². The van der Waals surface area contributed by atoms with Crippen LogP contribution in [-0.2, 0) is 11.3 Å². The fourth-order valence-electron chi connectivity index (χ4n) is 2.71. The van der Waals surface area contributed by atoms with E-state index in [0.717, 1.165) is 43.8 Å². The molecular weight excluding hydrogens is 252 g/mol. The van der Waals surface area contributed by atoms with Gasteiger partial charge in [0.15, 0.2) is 0 Å². The fraction of sp³-hybridized carbons (Fsp3) is 0.500. The number of carbonyl (C=O) groups excluding carboxylic acids is 1. The maximum Gasteiger partial charge on any atom is 0.133 e. The van der Waals surface area contributed by atoms with E-state index < -0.39 is 0 Å². The van der Waals surface area contributed by atoms with E-state index in [0.29, 0.717) is 11.3 Å². The molecule has 0 N–H and O–H groups in total. The van der Waals surface area contributed by atoms with Gasteiger partial charge in [-0.3, -0.25) is 9.69 Å². The Bertz CT molecular complexity index is 526. The van der Waals surface area contributed by atoms with Gasteiger partial charge in [-0.15, -0.1) is 0 Å². The number of likely N-dealkylation sites (tertiary alicyclic amines) is 1. The Labute approximate surface area is 120 Å². The monoisotopic (exact) mass is 272 g/mol. The van der Waals surface area contributed by atoms with Crippen molar-refractivity contribution >= 4 is 5.78 Å². The lowest BCUT2D eigenvalue weighted by atomic mass is 9.93. The van der Waals surface area contributed by atoms with Gasteiger partial charge in [-0.1, -0.05) is 0 Å². The van der Waals surface area contributed by atoms with Crippen molar-refractivity contribution in [2.45, 2.75) is 26.3 Å². The maximum absolute atomic E-state index is 11.4. The molecule has 2 rings (SSSR count). The number of carbonyl (C=O) groups is 1. The summed E-state index contributed by atoms with van der Waals surface area (Å²) in [5.74, 6) is 1.34. The molecule has 0 radical (unpaired) electrons. The van der Waals surface area contributed by atoms with Crippen LogP contribution >= 0.6 is 0 Å². The number of rotatable bonds is 4. The zero-order chi connectivity index (χ0) is 14.5. The number of nitrogens with zero attached hydrogens (tertiary/aromatic N) is 2. The number of ether oxygens (including phenoxy) is 1. The van der Waals surface area contributed by atoms with Gasteiger partial charge in [-0.05, 0) is 51.1 Å². The van der Waals surface area contributed by atoms with Gasteiger partial charge in [0, 0.05) is 18.0 Å². The lowest BCUT2D eigenvalue weighted by Gasteiger charge is -2.31. The Kier molecular flexibility index (Phi) is 4.75. The molecule has 4 heteroatoms. The van der Waals surface area contributed by atoms with Gasteiger partial charge in [0.05, 0.1) is 18.7 Å². The molecule has 20 heavy (non-hydrogen) atoms. The summed E-state index contributed by atoms with van der Waals surface area (Å²) in [5.41, 5.74) is 1.69. The largest absolute Gasteiger partial charge is 0.496 e. The maximum atomic E-state index is 11.4. The predicted octanol–water partition coefficient (Wildman–Crippen LogP) is 2.37. The van der Waals surface area contributed by atoms with Gasteiger partial charge >= 0.3 is 0 Å². The first-order valence-corrected chi connectivity index (χ1v) is 6.94. The SMILES string of the molecule is COc1ccc(C#N)cc1CN1CCC(C(C)=O)CC1. The molecule has 0 saturated carbocycles. The second-order valence-electron chi connectivity index (χ2n) is 5.30. The fourth-order valence-corrected chi connectivity index (χ4v) is 2.71. The van der Waals surface area contributed by atoms with E-state index in [9.17, 15) is 4.79 Å². The van der Waals surface area contributed by atoms with Crippen LogP contribution < -0.4 is 4.74 Å². The Morgan fingerprint density at radius 1 is 1.45 bits per heavy atom. The smallest absolute Gasteiger partial charge is 0.133 e. The molecule has 0 unspecified atom stereocenters. The molecule has 4 nitrogen and oxygen atoms in total. The number of ketones is 1. The third kappa shape index (κ3) is 3.37. The Morgan fingerprint density at radius 2 is 2.15 bits per heavy atom. The van der Waals surface area contributed by atoms with E-state index in [1.54, 1.807) is 20.1 Å². The van der Waals surface area contributed by atoms with Crippen LogP contribution in [0.4, 0.5) is 0 Å². The second-order valence-corrected chi connectivity index (χ2v) is 5.30. The standard InChI is InChI=1S/C16H20N2O2/c1-12(19)14-5-7-18(8-6-14)11-15-9-13(10-17)3-4-16(15)20-2/h3-4,9,14H,5-8,11H2,1-2H3. The average molecular weight is 272 g/mol. The van der Waals surface area contributed by atoms with E-state index in [1.165, 1.54) is 0 Å². The number of hydrogen-bond donors (Lipinski definition) is 0. The Hall–Kier alpha value is -1.86. The summed E-state index contributed by atoms with van der Waals surface area (Å²) in [7, 11) is 1.65. The van der Waals surface area contributed by atoms with Crippen molar-refractivity contribution in [2.75, 3.05) is 20.2 Å². The lowest BCUT2D eigenvalue weighted by Crippen LogP contribution is -2.35. The van der Waals surface area contributed by atoms with Gasteiger partial charge < -0.3 is 4.74 Å². The topological polar surface area (TPSA) is 53.3 Å².